The fourth-order valence-corrected chi connectivity index (χ4v) is 2.16. The lowest BCUT2D eigenvalue weighted by molar-refractivity contribution is 0.112. The smallest absolute Gasteiger partial charge is 0.150 e. The molecule has 2 aromatic carbocycles. The highest BCUT2D eigenvalue weighted by Crippen LogP contribution is 2.26. The number of fused-ring (bicyclic) bond motifs is 1. The maximum Gasteiger partial charge on any atom is 0.150 e. The van der Waals surface area contributed by atoms with Crippen LogP contribution < -0.4 is 0 Å². The number of nitriles is 1. The summed E-state index contributed by atoms with van der Waals surface area (Å²) in [5.74, 6) is 0. The molecule has 0 aliphatic carbocycles. The van der Waals surface area contributed by atoms with Gasteiger partial charge in [0.2, 0.25) is 0 Å². The Morgan fingerprint density at radius 1 is 1.05 bits per heavy atom. The minimum Gasteiger partial charge on any atom is -0.298 e. The molecular weight excluding hydrogens is 248 g/mol. The maximum absolute atomic E-state index is 10.7. The molecule has 0 saturated carbocycles. The number of carbonyl (C=O) groups excluding carboxylic acids is 1. The summed E-state index contributed by atoms with van der Waals surface area (Å²) in [4.78, 5) is 15.1. The first kappa shape index (κ1) is 12.1. The van der Waals surface area contributed by atoms with E-state index in [2.05, 4.69) is 11.1 Å². The Balaban J connectivity index is 2.23. The number of nitrogens with zero attached hydrogens (tertiary/aromatic N) is 2. The van der Waals surface area contributed by atoms with Gasteiger partial charge in [0.05, 0.1) is 5.52 Å². The second-order valence-electron chi connectivity index (χ2n) is 4.43. The van der Waals surface area contributed by atoms with Crippen LogP contribution in [0.25, 0.3) is 22.0 Å². The van der Waals surface area contributed by atoms with Gasteiger partial charge < -0.3 is 0 Å². The van der Waals surface area contributed by atoms with Gasteiger partial charge in [-0.1, -0.05) is 42.5 Å². The highest BCUT2D eigenvalue weighted by atomic mass is 16.1. The molecule has 3 nitrogen and oxygen atoms in total. The molecule has 0 atom stereocenters. The van der Waals surface area contributed by atoms with E-state index in [9.17, 15) is 10.1 Å². The van der Waals surface area contributed by atoms with Gasteiger partial charge in [0.1, 0.15) is 18.0 Å². The van der Waals surface area contributed by atoms with Gasteiger partial charge in [-0.15, -0.1) is 0 Å². The van der Waals surface area contributed by atoms with Crippen molar-refractivity contribution in [1.29, 1.82) is 5.26 Å². The van der Waals surface area contributed by atoms with Crippen molar-refractivity contribution in [3.05, 3.63) is 65.9 Å². The Hall–Kier alpha value is -2.99. The summed E-state index contributed by atoms with van der Waals surface area (Å²) in [6, 6.07) is 18.9. The molecule has 0 amide bonds. The van der Waals surface area contributed by atoms with Crippen molar-refractivity contribution in [3.8, 4) is 17.2 Å². The summed E-state index contributed by atoms with van der Waals surface area (Å²) >= 11 is 0. The molecule has 1 aromatic heterocycles. The van der Waals surface area contributed by atoms with E-state index in [1.807, 2.05) is 42.5 Å². The number of hydrogen-bond acceptors (Lipinski definition) is 3. The van der Waals surface area contributed by atoms with E-state index >= 15 is 0 Å². The number of rotatable bonds is 2. The number of pyridine rings is 1. The number of benzene rings is 2. The monoisotopic (exact) mass is 258 g/mol. The average Bonchev–Trinajstić information content (AvgIpc) is 2.53. The summed E-state index contributed by atoms with van der Waals surface area (Å²) in [7, 11) is 0. The van der Waals surface area contributed by atoms with Crippen molar-refractivity contribution < 1.29 is 4.79 Å². The summed E-state index contributed by atoms with van der Waals surface area (Å²) in [6.45, 7) is 0. The van der Waals surface area contributed by atoms with Crippen LogP contribution in [0.5, 0.6) is 0 Å². The minimum absolute atomic E-state index is 0.391. The molecule has 20 heavy (non-hydrogen) atoms. The predicted octanol–water partition coefficient (Wildman–Crippen LogP) is 3.59. The topological polar surface area (TPSA) is 53.8 Å². The molecule has 0 N–H and O–H groups in total. The number of aldehydes is 1. The molecule has 0 unspecified atom stereocenters. The van der Waals surface area contributed by atoms with Crippen LogP contribution in [0.15, 0.2) is 54.6 Å². The molecule has 94 valence electrons. The second-order valence-corrected chi connectivity index (χ2v) is 4.43. The van der Waals surface area contributed by atoms with Crippen LogP contribution in [0, 0.1) is 11.3 Å². The Morgan fingerprint density at radius 2 is 1.80 bits per heavy atom. The first-order valence-electron chi connectivity index (χ1n) is 6.17. The summed E-state index contributed by atoms with van der Waals surface area (Å²) in [5, 5.41) is 10.3. The highest BCUT2D eigenvalue weighted by Gasteiger charge is 2.08. The zero-order valence-electron chi connectivity index (χ0n) is 10.6. The number of aromatic nitrogens is 1. The molecule has 3 heteroatoms. The van der Waals surface area contributed by atoms with Crippen LogP contribution in [0.2, 0.25) is 0 Å². The van der Waals surface area contributed by atoms with Crippen LogP contribution in [0.1, 0.15) is 16.1 Å². The molecule has 3 rings (SSSR count). The molecule has 0 radical (unpaired) electrons. The molecule has 0 fully saturated rings. The third kappa shape index (κ3) is 2.04. The van der Waals surface area contributed by atoms with E-state index in [1.54, 1.807) is 12.1 Å². The SMILES string of the molecule is N#Cc1nc2ccccc2cc1-c1ccc(C=O)cc1. The van der Waals surface area contributed by atoms with Crippen molar-refractivity contribution in [3.63, 3.8) is 0 Å². The lowest BCUT2D eigenvalue weighted by Crippen LogP contribution is -1.91. The van der Waals surface area contributed by atoms with Crippen molar-refractivity contribution in [2.24, 2.45) is 0 Å². The van der Waals surface area contributed by atoms with Gasteiger partial charge in [0.15, 0.2) is 0 Å². The Kier molecular flexibility index (Phi) is 2.98. The largest absolute Gasteiger partial charge is 0.298 e. The fourth-order valence-electron chi connectivity index (χ4n) is 2.16. The van der Waals surface area contributed by atoms with E-state index in [0.717, 1.165) is 28.3 Å². The first-order valence-corrected chi connectivity index (χ1v) is 6.17. The predicted molar refractivity (Wildman–Crippen MR) is 77.3 cm³/mol. The van der Waals surface area contributed by atoms with E-state index in [-0.39, 0.29) is 0 Å². The standard InChI is InChI=1S/C17H10N2O/c18-10-17-15(13-7-5-12(11-20)6-8-13)9-14-3-1-2-4-16(14)19-17/h1-9,11H. The third-order valence-corrected chi connectivity index (χ3v) is 3.19. The Bertz CT molecular complexity index is 830. The molecular formula is C17H10N2O. The number of hydrogen-bond donors (Lipinski definition) is 0. The molecule has 0 bridgehead atoms. The fraction of sp³-hybridized carbons (Fsp3) is 0. The van der Waals surface area contributed by atoms with E-state index in [0.29, 0.717) is 11.3 Å². The Labute approximate surface area is 116 Å². The van der Waals surface area contributed by atoms with Gasteiger partial charge >= 0.3 is 0 Å². The number of para-hydroxylation sites is 1. The quantitative estimate of drug-likeness (QED) is 0.660. The second kappa shape index (κ2) is 4.94. The summed E-state index contributed by atoms with van der Waals surface area (Å²) in [6.07, 6.45) is 0.799. The molecule has 1 heterocycles. The van der Waals surface area contributed by atoms with Crippen LogP contribution >= 0.6 is 0 Å². The van der Waals surface area contributed by atoms with Crippen LogP contribution in [0.4, 0.5) is 0 Å². The summed E-state index contributed by atoms with van der Waals surface area (Å²) in [5.41, 5.74) is 3.47. The van der Waals surface area contributed by atoms with Crippen LogP contribution in [-0.2, 0) is 0 Å². The molecule has 0 spiro atoms. The number of carbonyl (C=O) groups is 1. The molecule has 0 aliphatic heterocycles. The van der Waals surface area contributed by atoms with Crippen molar-refractivity contribution in [2.45, 2.75) is 0 Å². The zero-order valence-corrected chi connectivity index (χ0v) is 10.6. The van der Waals surface area contributed by atoms with Crippen LogP contribution in [0.3, 0.4) is 0 Å². The lowest BCUT2D eigenvalue weighted by atomic mass is 10.0. The minimum atomic E-state index is 0.391. The lowest BCUT2D eigenvalue weighted by Gasteiger charge is -2.06. The molecule has 0 aliphatic rings. The van der Waals surface area contributed by atoms with E-state index in [4.69, 9.17) is 0 Å². The highest BCUT2D eigenvalue weighted by molar-refractivity contribution is 5.86. The maximum atomic E-state index is 10.7. The van der Waals surface area contributed by atoms with Gasteiger partial charge in [-0.2, -0.15) is 5.26 Å². The van der Waals surface area contributed by atoms with Gasteiger partial charge in [-0.3, -0.25) is 4.79 Å². The van der Waals surface area contributed by atoms with E-state index in [1.165, 1.54) is 0 Å². The first-order chi connectivity index (χ1) is 9.81. The van der Waals surface area contributed by atoms with Gasteiger partial charge in [0.25, 0.3) is 0 Å². The van der Waals surface area contributed by atoms with Crippen molar-refractivity contribution in [1.82, 2.24) is 4.98 Å². The van der Waals surface area contributed by atoms with Crippen molar-refractivity contribution in [2.75, 3.05) is 0 Å². The summed E-state index contributed by atoms with van der Waals surface area (Å²) < 4.78 is 0. The third-order valence-electron chi connectivity index (χ3n) is 3.19. The Morgan fingerprint density at radius 3 is 2.50 bits per heavy atom. The molecule has 0 saturated heterocycles. The van der Waals surface area contributed by atoms with Gasteiger partial charge in [0, 0.05) is 16.5 Å². The van der Waals surface area contributed by atoms with Gasteiger partial charge in [-0.05, 0) is 17.7 Å². The molecule has 3 aromatic rings. The zero-order chi connectivity index (χ0) is 13.9. The van der Waals surface area contributed by atoms with Crippen LogP contribution in [-0.4, -0.2) is 11.3 Å². The van der Waals surface area contributed by atoms with Crippen molar-refractivity contribution >= 4 is 17.2 Å². The normalized spacial score (nSPS) is 10.2. The average molecular weight is 258 g/mol. The van der Waals surface area contributed by atoms with E-state index < -0.39 is 0 Å². The van der Waals surface area contributed by atoms with Gasteiger partial charge in [-0.25, -0.2) is 4.98 Å².